The summed E-state index contributed by atoms with van der Waals surface area (Å²) < 4.78 is 43.9. The summed E-state index contributed by atoms with van der Waals surface area (Å²) in [6, 6.07) is 5.84. The fourth-order valence-electron chi connectivity index (χ4n) is 3.07. The summed E-state index contributed by atoms with van der Waals surface area (Å²) in [5, 5.41) is 24.2. The largest absolute Gasteiger partial charge is 0.504 e. The maximum Gasteiger partial charge on any atom is 0.338 e. The highest BCUT2D eigenvalue weighted by atomic mass is 32.2. The Morgan fingerprint density at radius 2 is 1.81 bits per heavy atom. The van der Waals surface area contributed by atoms with Gasteiger partial charge in [0.05, 0.1) is 28.9 Å². The highest BCUT2D eigenvalue weighted by molar-refractivity contribution is 7.91. The van der Waals surface area contributed by atoms with Gasteiger partial charge in [0.2, 0.25) is 0 Å². The van der Waals surface area contributed by atoms with Crippen LogP contribution in [-0.2, 0) is 19.4 Å². The van der Waals surface area contributed by atoms with E-state index in [-0.39, 0.29) is 28.3 Å². The van der Waals surface area contributed by atoms with Gasteiger partial charge in [-0.15, -0.1) is 0 Å². The van der Waals surface area contributed by atoms with Gasteiger partial charge in [-0.05, 0) is 48.9 Å². The summed E-state index contributed by atoms with van der Waals surface area (Å²) >= 11 is 0. The molecule has 4 N–H and O–H groups in total. The molecule has 0 bridgehead atoms. The number of sulfone groups is 1. The van der Waals surface area contributed by atoms with Crippen molar-refractivity contribution < 1.29 is 37.3 Å². The second-order valence-corrected chi connectivity index (χ2v) is 8.59. The first kappa shape index (κ1) is 22.1. The van der Waals surface area contributed by atoms with Crippen molar-refractivity contribution in [3.63, 3.8) is 0 Å². The summed E-state index contributed by atoms with van der Waals surface area (Å²) in [7, 11) is -4.07. The topological polar surface area (TPSA) is 142 Å². The number of ether oxygens (including phenoxy) is 1. The number of benzene rings is 2. The number of hydrogen-bond donors (Lipinski definition) is 4. The molecule has 0 aliphatic carbocycles. The van der Waals surface area contributed by atoms with Crippen molar-refractivity contribution in [2.45, 2.75) is 17.9 Å². The first-order chi connectivity index (χ1) is 14.6. The lowest BCUT2D eigenvalue weighted by atomic mass is 9.95. The highest BCUT2D eigenvalue weighted by Gasteiger charge is 2.36. The molecule has 0 unspecified atom stereocenters. The summed E-state index contributed by atoms with van der Waals surface area (Å²) in [5.41, 5.74) is -0.189. The van der Waals surface area contributed by atoms with Gasteiger partial charge < -0.3 is 25.6 Å². The molecule has 2 aromatic rings. The molecular formula is C20H19FN2O7S. The number of amides is 2. The van der Waals surface area contributed by atoms with Crippen LogP contribution in [0.1, 0.15) is 18.5 Å². The van der Waals surface area contributed by atoms with Crippen molar-refractivity contribution in [1.82, 2.24) is 10.6 Å². The maximum atomic E-state index is 13.2. The van der Waals surface area contributed by atoms with E-state index in [0.717, 1.165) is 36.4 Å². The molecule has 31 heavy (non-hydrogen) atoms. The van der Waals surface area contributed by atoms with Gasteiger partial charge in [-0.3, -0.25) is 0 Å². The molecule has 1 heterocycles. The van der Waals surface area contributed by atoms with Crippen LogP contribution in [0, 0.1) is 5.82 Å². The molecule has 164 valence electrons. The van der Waals surface area contributed by atoms with Crippen molar-refractivity contribution >= 4 is 21.8 Å². The summed E-state index contributed by atoms with van der Waals surface area (Å²) in [5.74, 6) is -3.16. The number of carbonyl (C=O) groups excluding carboxylic acids is 2. The number of hydrogen-bond acceptors (Lipinski definition) is 7. The van der Waals surface area contributed by atoms with E-state index >= 15 is 0 Å². The third-order valence-electron chi connectivity index (χ3n) is 4.49. The van der Waals surface area contributed by atoms with Crippen molar-refractivity contribution in [1.29, 1.82) is 0 Å². The molecule has 0 saturated carbocycles. The molecule has 2 amide bonds. The molecule has 0 aromatic heterocycles. The molecule has 1 aliphatic rings. The number of phenols is 2. The Balaban J connectivity index is 2.11. The van der Waals surface area contributed by atoms with E-state index in [9.17, 15) is 32.6 Å². The van der Waals surface area contributed by atoms with Gasteiger partial charge in [0.25, 0.3) is 0 Å². The molecule has 11 heteroatoms. The van der Waals surface area contributed by atoms with Crippen LogP contribution in [0.3, 0.4) is 0 Å². The smallest absolute Gasteiger partial charge is 0.338 e. The molecule has 0 spiro atoms. The zero-order valence-electron chi connectivity index (χ0n) is 16.3. The Labute approximate surface area is 177 Å². The molecule has 9 nitrogen and oxygen atoms in total. The molecule has 2 aromatic carbocycles. The fourth-order valence-corrected chi connectivity index (χ4v) is 4.39. The Kier molecular flexibility index (Phi) is 6.16. The van der Waals surface area contributed by atoms with Crippen LogP contribution in [0.25, 0.3) is 0 Å². The zero-order chi connectivity index (χ0) is 22.8. The highest BCUT2D eigenvalue weighted by Crippen LogP contribution is 2.34. The van der Waals surface area contributed by atoms with Crippen LogP contribution in [0.15, 0.2) is 58.6 Å². The van der Waals surface area contributed by atoms with E-state index < -0.39 is 50.9 Å². The lowest BCUT2D eigenvalue weighted by Crippen LogP contribution is -2.47. The van der Waals surface area contributed by atoms with Gasteiger partial charge in [-0.2, -0.15) is 0 Å². The maximum absolute atomic E-state index is 13.2. The third kappa shape index (κ3) is 4.77. The van der Waals surface area contributed by atoms with Crippen LogP contribution >= 0.6 is 0 Å². The average Bonchev–Trinajstić information content (AvgIpc) is 2.69. The Morgan fingerprint density at radius 1 is 1.13 bits per heavy atom. The van der Waals surface area contributed by atoms with E-state index in [2.05, 4.69) is 10.6 Å². The summed E-state index contributed by atoms with van der Waals surface area (Å²) in [6.45, 7) is 1.55. The van der Waals surface area contributed by atoms with Crippen LogP contribution in [0.5, 0.6) is 11.5 Å². The van der Waals surface area contributed by atoms with Crippen molar-refractivity contribution in [3.05, 3.63) is 65.1 Å². The lowest BCUT2D eigenvalue weighted by Gasteiger charge is -2.29. The van der Waals surface area contributed by atoms with Crippen molar-refractivity contribution in [2.75, 3.05) is 12.4 Å². The quantitative estimate of drug-likeness (QED) is 0.299. The predicted molar refractivity (Wildman–Crippen MR) is 106 cm³/mol. The molecular weight excluding hydrogens is 431 g/mol. The normalized spacial score (nSPS) is 16.5. The van der Waals surface area contributed by atoms with Crippen LogP contribution < -0.4 is 10.6 Å². The number of carbonyl (C=O) groups is 2. The van der Waals surface area contributed by atoms with Gasteiger partial charge in [0, 0.05) is 5.70 Å². The first-order valence-electron chi connectivity index (χ1n) is 9.10. The van der Waals surface area contributed by atoms with E-state index in [4.69, 9.17) is 4.74 Å². The second kappa shape index (κ2) is 8.64. The van der Waals surface area contributed by atoms with Gasteiger partial charge in [-0.1, -0.05) is 6.07 Å². The Bertz CT molecular complexity index is 1160. The summed E-state index contributed by atoms with van der Waals surface area (Å²) in [4.78, 5) is 24.7. The van der Waals surface area contributed by atoms with Gasteiger partial charge in [0.1, 0.15) is 5.82 Å². The third-order valence-corrected chi connectivity index (χ3v) is 6.15. The van der Waals surface area contributed by atoms with Gasteiger partial charge >= 0.3 is 12.0 Å². The minimum absolute atomic E-state index is 0.0121. The molecule has 0 radical (unpaired) electrons. The molecule has 0 saturated heterocycles. The minimum atomic E-state index is -4.07. The summed E-state index contributed by atoms with van der Waals surface area (Å²) in [6.07, 6.45) is 0. The monoisotopic (exact) mass is 450 g/mol. The minimum Gasteiger partial charge on any atom is -0.504 e. The van der Waals surface area contributed by atoms with Crippen LogP contribution in [-0.4, -0.2) is 43.0 Å². The number of urea groups is 1. The average molecular weight is 450 g/mol. The lowest BCUT2D eigenvalue weighted by molar-refractivity contribution is -0.139. The molecule has 3 rings (SSSR count). The van der Waals surface area contributed by atoms with Crippen LogP contribution in [0.2, 0.25) is 0 Å². The molecule has 0 fully saturated rings. The standard InChI is InChI=1S/C20H19FN2O7S/c1-2-30-19(26)17-14(10-31(28,29)13-6-4-12(21)5-7-13)22-20(27)23-18(17)11-3-8-15(24)16(25)9-11/h3-9,18,24-25H,2,10H2,1H3,(H2,22,23,27)/t18-/m1/s1. The number of phenolic OH excluding ortho intramolecular Hbond substituents is 2. The number of aromatic hydroxyl groups is 2. The van der Waals surface area contributed by atoms with Gasteiger partial charge in [0.15, 0.2) is 21.3 Å². The fraction of sp³-hybridized carbons (Fsp3) is 0.200. The molecule has 1 atom stereocenters. The van der Waals surface area contributed by atoms with E-state index in [1.165, 1.54) is 6.07 Å². The van der Waals surface area contributed by atoms with Crippen LogP contribution in [0.4, 0.5) is 9.18 Å². The Hall–Kier alpha value is -3.60. The molecule has 1 aliphatic heterocycles. The van der Waals surface area contributed by atoms with Crippen molar-refractivity contribution in [3.8, 4) is 11.5 Å². The van der Waals surface area contributed by atoms with Gasteiger partial charge in [-0.25, -0.2) is 22.4 Å². The number of rotatable bonds is 6. The number of esters is 1. The SMILES string of the molecule is CCOC(=O)C1=C(CS(=O)(=O)c2ccc(F)cc2)NC(=O)N[C@@H]1c1ccc(O)c(O)c1. The van der Waals surface area contributed by atoms with E-state index in [1.807, 2.05) is 0 Å². The van der Waals surface area contributed by atoms with Crippen molar-refractivity contribution in [2.24, 2.45) is 0 Å². The first-order valence-corrected chi connectivity index (χ1v) is 10.8. The number of nitrogens with one attached hydrogen (secondary N) is 2. The predicted octanol–water partition coefficient (Wildman–Crippen LogP) is 1.88. The zero-order valence-corrected chi connectivity index (χ0v) is 17.1. The van der Waals surface area contributed by atoms with E-state index in [0.29, 0.717) is 0 Å². The Morgan fingerprint density at radius 3 is 2.42 bits per heavy atom. The van der Waals surface area contributed by atoms with E-state index in [1.54, 1.807) is 6.92 Å². The second-order valence-electron chi connectivity index (χ2n) is 6.61. The number of halogens is 1.